The van der Waals surface area contributed by atoms with Gasteiger partial charge in [0.05, 0.1) is 13.0 Å². The molecule has 116 valence electrons. The Kier molecular flexibility index (Phi) is 4.21. The zero-order chi connectivity index (χ0) is 15.7. The maximum absolute atomic E-state index is 11.8. The van der Waals surface area contributed by atoms with Crippen LogP contribution < -0.4 is 0 Å². The minimum absolute atomic E-state index is 0.0827. The molecule has 22 heavy (non-hydrogen) atoms. The highest BCUT2D eigenvalue weighted by molar-refractivity contribution is 6.30. The van der Waals surface area contributed by atoms with E-state index in [1.807, 2.05) is 24.3 Å². The normalized spacial score (nSPS) is 21.0. The Balaban J connectivity index is 1.94. The van der Waals surface area contributed by atoms with Crippen molar-refractivity contribution in [3.63, 3.8) is 0 Å². The summed E-state index contributed by atoms with van der Waals surface area (Å²) < 4.78 is 10.5. The molecule has 0 saturated heterocycles. The first-order chi connectivity index (χ1) is 10.6. The molecule has 0 radical (unpaired) electrons. The number of rotatable bonds is 2. The Morgan fingerprint density at radius 2 is 2.09 bits per heavy atom. The maximum Gasteiger partial charge on any atom is 0.308 e. The van der Waals surface area contributed by atoms with Gasteiger partial charge in [-0.2, -0.15) is 0 Å². The number of fused-ring (bicyclic) bond motifs is 1. The molecular formula is C17H18ClNO3. The SMILES string of the molecule is COC(=O)C1CCc2c(-c3ccc(Cl)cc3)noc2C(C)C1. The lowest BCUT2D eigenvalue weighted by Gasteiger charge is -2.13. The van der Waals surface area contributed by atoms with E-state index in [2.05, 4.69) is 12.1 Å². The Morgan fingerprint density at radius 1 is 1.36 bits per heavy atom. The van der Waals surface area contributed by atoms with E-state index in [1.165, 1.54) is 7.11 Å². The van der Waals surface area contributed by atoms with Crippen LogP contribution in [0, 0.1) is 5.92 Å². The Labute approximate surface area is 134 Å². The van der Waals surface area contributed by atoms with E-state index >= 15 is 0 Å². The first-order valence-electron chi connectivity index (χ1n) is 7.42. The summed E-state index contributed by atoms with van der Waals surface area (Å²) in [6, 6.07) is 7.56. The molecule has 3 rings (SSSR count). The molecule has 0 spiro atoms. The fourth-order valence-corrected chi connectivity index (χ4v) is 3.26. The molecule has 0 fully saturated rings. The molecule has 2 atom stereocenters. The summed E-state index contributed by atoms with van der Waals surface area (Å²) in [6.07, 6.45) is 2.25. The average Bonchev–Trinajstić information content (AvgIpc) is 2.88. The van der Waals surface area contributed by atoms with Gasteiger partial charge in [0, 0.05) is 22.1 Å². The number of carbonyl (C=O) groups is 1. The Morgan fingerprint density at radius 3 is 2.77 bits per heavy atom. The van der Waals surface area contributed by atoms with E-state index in [0.29, 0.717) is 5.02 Å². The van der Waals surface area contributed by atoms with Gasteiger partial charge in [0.2, 0.25) is 0 Å². The topological polar surface area (TPSA) is 52.3 Å². The second-order valence-corrected chi connectivity index (χ2v) is 6.21. The lowest BCUT2D eigenvalue weighted by Crippen LogP contribution is -2.17. The van der Waals surface area contributed by atoms with E-state index in [1.54, 1.807) is 0 Å². The molecule has 2 aromatic rings. The van der Waals surface area contributed by atoms with Gasteiger partial charge in [-0.25, -0.2) is 0 Å². The molecule has 5 heteroatoms. The molecular weight excluding hydrogens is 302 g/mol. The summed E-state index contributed by atoms with van der Waals surface area (Å²) in [4.78, 5) is 11.8. The van der Waals surface area contributed by atoms with Crippen molar-refractivity contribution in [2.24, 2.45) is 5.92 Å². The fraction of sp³-hybridized carbons (Fsp3) is 0.412. The van der Waals surface area contributed by atoms with E-state index in [0.717, 1.165) is 41.8 Å². The van der Waals surface area contributed by atoms with Crippen LogP contribution in [0.2, 0.25) is 5.02 Å². The predicted octanol–water partition coefficient (Wildman–Crippen LogP) is 4.22. The van der Waals surface area contributed by atoms with E-state index in [9.17, 15) is 4.79 Å². The van der Waals surface area contributed by atoms with Crippen LogP contribution in [0.1, 0.15) is 37.0 Å². The first kappa shape index (κ1) is 15.1. The van der Waals surface area contributed by atoms with Crippen LogP contribution >= 0.6 is 11.6 Å². The number of nitrogens with zero attached hydrogens (tertiary/aromatic N) is 1. The van der Waals surface area contributed by atoms with Gasteiger partial charge in [0.1, 0.15) is 11.5 Å². The highest BCUT2D eigenvalue weighted by Gasteiger charge is 2.31. The molecule has 1 aromatic carbocycles. The van der Waals surface area contributed by atoms with Crippen molar-refractivity contribution in [3.05, 3.63) is 40.6 Å². The zero-order valence-electron chi connectivity index (χ0n) is 12.6. The zero-order valence-corrected chi connectivity index (χ0v) is 13.4. The van der Waals surface area contributed by atoms with Crippen molar-refractivity contribution >= 4 is 17.6 Å². The van der Waals surface area contributed by atoms with Gasteiger partial charge in [-0.05, 0) is 31.4 Å². The molecule has 0 N–H and O–H groups in total. The number of ether oxygens (including phenoxy) is 1. The van der Waals surface area contributed by atoms with E-state index in [-0.39, 0.29) is 17.8 Å². The predicted molar refractivity (Wildman–Crippen MR) is 83.8 cm³/mol. The largest absolute Gasteiger partial charge is 0.469 e. The second kappa shape index (κ2) is 6.13. The number of hydrogen-bond donors (Lipinski definition) is 0. The first-order valence-corrected chi connectivity index (χ1v) is 7.80. The quantitative estimate of drug-likeness (QED) is 0.614. The van der Waals surface area contributed by atoms with Crippen molar-refractivity contribution < 1.29 is 14.1 Å². The standard InChI is InChI=1S/C17H18ClNO3/c1-10-9-12(17(20)21-2)5-8-14-15(19-22-16(10)14)11-3-6-13(18)7-4-11/h3-4,6-7,10,12H,5,8-9H2,1-2H3. The van der Waals surface area contributed by atoms with Gasteiger partial charge in [-0.1, -0.05) is 35.8 Å². The molecule has 1 aliphatic carbocycles. The van der Waals surface area contributed by atoms with Crippen molar-refractivity contribution in [3.8, 4) is 11.3 Å². The number of aromatic nitrogens is 1. The molecule has 1 heterocycles. The van der Waals surface area contributed by atoms with E-state index < -0.39 is 0 Å². The number of methoxy groups -OCH3 is 1. The van der Waals surface area contributed by atoms with Gasteiger partial charge in [0.25, 0.3) is 0 Å². The lowest BCUT2D eigenvalue weighted by molar-refractivity contribution is -0.146. The monoisotopic (exact) mass is 319 g/mol. The minimum atomic E-state index is -0.141. The molecule has 0 amide bonds. The van der Waals surface area contributed by atoms with Crippen LogP contribution in [0.15, 0.2) is 28.8 Å². The van der Waals surface area contributed by atoms with Gasteiger partial charge < -0.3 is 9.26 Å². The number of hydrogen-bond acceptors (Lipinski definition) is 4. The number of benzene rings is 1. The molecule has 0 aliphatic heterocycles. The second-order valence-electron chi connectivity index (χ2n) is 5.78. The van der Waals surface area contributed by atoms with Crippen LogP contribution in [-0.2, 0) is 16.0 Å². The summed E-state index contributed by atoms with van der Waals surface area (Å²) in [7, 11) is 1.44. The van der Waals surface area contributed by atoms with Crippen molar-refractivity contribution in [2.75, 3.05) is 7.11 Å². The van der Waals surface area contributed by atoms with Crippen LogP contribution in [0.3, 0.4) is 0 Å². The molecule has 2 unspecified atom stereocenters. The third-order valence-corrected chi connectivity index (χ3v) is 4.55. The Hall–Kier alpha value is -1.81. The third kappa shape index (κ3) is 2.75. The molecule has 1 aromatic heterocycles. The third-order valence-electron chi connectivity index (χ3n) is 4.30. The van der Waals surface area contributed by atoms with Crippen LogP contribution in [0.4, 0.5) is 0 Å². The Bertz CT molecular complexity index is 678. The van der Waals surface area contributed by atoms with Gasteiger partial charge in [-0.3, -0.25) is 4.79 Å². The molecule has 0 saturated carbocycles. The summed E-state index contributed by atoms with van der Waals surface area (Å²) in [5, 5.41) is 4.94. The summed E-state index contributed by atoms with van der Waals surface area (Å²) >= 11 is 5.94. The van der Waals surface area contributed by atoms with Crippen LogP contribution in [0.5, 0.6) is 0 Å². The van der Waals surface area contributed by atoms with Crippen molar-refractivity contribution in [2.45, 2.75) is 32.1 Å². The lowest BCUT2D eigenvalue weighted by atomic mass is 9.94. The molecule has 4 nitrogen and oxygen atoms in total. The highest BCUT2D eigenvalue weighted by atomic mass is 35.5. The van der Waals surface area contributed by atoms with E-state index in [4.69, 9.17) is 20.9 Å². The summed E-state index contributed by atoms with van der Waals surface area (Å²) in [6.45, 7) is 2.07. The fourth-order valence-electron chi connectivity index (χ4n) is 3.14. The smallest absolute Gasteiger partial charge is 0.308 e. The summed E-state index contributed by atoms with van der Waals surface area (Å²) in [5.74, 6) is 0.810. The average molecular weight is 320 g/mol. The van der Waals surface area contributed by atoms with Crippen LogP contribution in [0.25, 0.3) is 11.3 Å². The minimum Gasteiger partial charge on any atom is -0.469 e. The molecule has 0 bridgehead atoms. The highest BCUT2D eigenvalue weighted by Crippen LogP contribution is 2.38. The summed E-state index contributed by atoms with van der Waals surface area (Å²) in [5.41, 5.74) is 2.93. The maximum atomic E-state index is 11.8. The van der Waals surface area contributed by atoms with Crippen molar-refractivity contribution in [1.82, 2.24) is 5.16 Å². The molecule has 1 aliphatic rings. The van der Waals surface area contributed by atoms with Crippen molar-refractivity contribution in [1.29, 1.82) is 0 Å². The number of halogens is 1. The number of esters is 1. The van der Waals surface area contributed by atoms with Gasteiger partial charge in [-0.15, -0.1) is 0 Å². The number of carbonyl (C=O) groups excluding carboxylic acids is 1. The van der Waals surface area contributed by atoms with Crippen LogP contribution in [-0.4, -0.2) is 18.2 Å². The van der Waals surface area contributed by atoms with Gasteiger partial charge >= 0.3 is 5.97 Å². The van der Waals surface area contributed by atoms with Gasteiger partial charge in [0.15, 0.2) is 0 Å².